The largest absolute Gasteiger partial charge is 0.411 e. The van der Waals surface area contributed by atoms with E-state index in [2.05, 4.69) is 22.4 Å². The summed E-state index contributed by atoms with van der Waals surface area (Å²) in [6, 6.07) is 8.12. The number of anilines is 2. The summed E-state index contributed by atoms with van der Waals surface area (Å²) in [7, 11) is 0. The Morgan fingerprint density at radius 1 is 1.28 bits per heavy atom. The zero-order valence-corrected chi connectivity index (χ0v) is 11.4. The Balaban J connectivity index is 2.23. The van der Waals surface area contributed by atoms with Gasteiger partial charge in [0.1, 0.15) is 0 Å². The van der Waals surface area contributed by atoms with Gasteiger partial charge in [-0.3, -0.25) is 0 Å². The Hall–Kier alpha value is -1.88. The average Bonchev–Trinajstić information content (AvgIpc) is 2.72. The van der Waals surface area contributed by atoms with Crippen molar-refractivity contribution in [1.82, 2.24) is 4.98 Å². The van der Waals surface area contributed by atoms with E-state index in [1.54, 1.807) is 6.92 Å². The van der Waals surface area contributed by atoms with Crippen molar-refractivity contribution in [2.24, 2.45) is 5.16 Å². The van der Waals surface area contributed by atoms with Crippen LogP contribution in [0.1, 0.15) is 23.1 Å². The summed E-state index contributed by atoms with van der Waals surface area (Å²) in [6.07, 6.45) is 0. The van der Waals surface area contributed by atoms with Gasteiger partial charge in [0.15, 0.2) is 5.13 Å². The first-order valence-corrected chi connectivity index (χ1v) is 6.42. The molecule has 18 heavy (non-hydrogen) atoms. The predicted octanol–water partition coefficient (Wildman–Crippen LogP) is 3.70. The quantitative estimate of drug-likeness (QED) is 0.503. The maximum absolute atomic E-state index is 8.79. The van der Waals surface area contributed by atoms with Crippen LogP contribution in [0.5, 0.6) is 0 Å². The van der Waals surface area contributed by atoms with Gasteiger partial charge in [0.05, 0.1) is 16.3 Å². The van der Waals surface area contributed by atoms with E-state index in [4.69, 9.17) is 5.21 Å². The molecule has 1 heterocycles. The van der Waals surface area contributed by atoms with E-state index < -0.39 is 0 Å². The van der Waals surface area contributed by atoms with Crippen LogP contribution in [0.15, 0.2) is 29.4 Å². The van der Waals surface area contributed by atoms with Gasteiger partial charge in [-0.25, -0.2) is 4.98 Å². The summed E-state index contributed by atoms with van der Waals surface area (Å²) >= 11 is 1.48. The third kappa shape index (κ3) is 2.68. The number of thiazole rings is 1. The molecule has 0 saturated carbocycles. The van der Waals surface area contributed by atoms with Crippen molar-refractivity contribution in [3.8, 4) is 0 Å². The molecule has 0 saturated heterocycles. The van der Waals surface area contributed by atoms with Crippen molar-refractivity contribution in [2.45, 2.75) is 20.8 Å². The Morgan fingerprint density at radius 3 is 2.56 bits per heavy atom. The van der Waals surface area contributed by atoms with Crippen LogP contribution in [0, 0.1) is 13.8 Å². The Labute approximate surface area is 110 Å². The van der Waals surface area contributed by atoms with Gasteiger partial charge in [0, 0.05) is 5.69 Å². The van der Waals surface area contributed by atoms with E-state index in [-0.39, 0.29) is 0 Å². The molecule has 94 valence electrons. The monoisotopic (exact) mass is 261 g/mol. The number of rotatable bonds is 3. The van der Waals surface area contributed by atoms with Gasteiger partial charge in [-0.2, -0.15) is 0 Å². The first kappa shape index (κ1) is 12.6. The number of aryl methyl sites for hydroxylation is 2. The number of nitrogens with one attached hydrogen (secondary N) is 1. The predicted molar refractivity (Wildman–Crippen MR) is 75.3 cm³/mol. The van der Waals surface area contributed by atoms with Gasteiger partial charge < -0.3 is 10.5 Å². The first-order valence-electron chi connectivity index (χ1n) is 5.60. The van der Waals surface area contributed by atoms with E-state index >= 15 is 0 Å². The lowest BCUT2D eigenvalue weighted by molar-refractivity contribution is 0.319. The maximum atomic E-state index is 8.79. The molecule has 0 aliphatic rings. The van der Waals surface area contributed by atoms with Crippen LogP contribution in [0.2, 0.25) is 0 Å². The van der Waals surface area contributed by atoms with Crippen LogP contribution in [0.25, 0.3) is 0 Å². The molecule has 5 heteroatoms. The average molecular weight is 261 g/mol. The zero-order chi connectivity index (χ0) is 13.1. The number of benzene rings is 1. The summed E-state index contributed by atoms with van der Waals surface area (Å²) in [5.74, 6) is 0. The second-order valence-electron chi connectivity index (χ2n) is 4.11. The minimum atomic E-state index is 0.585. The lowest BCUT2D eigenvalue weighted by Gasteiger charge is -2.02. The van der Waals surface area contributed by atoms with Crippen LogP contribution >= 0.6 is 11.3 Å². The minimum Gasteiger partial charge on any atom is -0.411 e. The molecule has 0 amide bonds. The van der Waals surface area contributed by atoms with Crippen molar-refractivity contribution in [2.75, 3.05) is 5.32 Å². The molecule has 0 bridgehead atoms. The molecule has 0 aliphatic heterocycles. The number of hydrogen-bond acceptors (Lipinski definition) is 5. The van der Waals surface area contributed by atoms with E-state index in [0.29, 0.717) is 5.71 Å². The maximum Gasteiger partial charge on any atom is 0.188 e. The second-order valence-corrected chi connectivity index (χ2v) is 5.11. The fraction of sp³-hybridized carbons (Fsp3) is 0.231. The van der Waals surface area contributed by atoms with Crippen LogP contribution in [0.3, 0.4) is 0 Å². The standard InChI is InChI=1S/C13H15N3OS/c1-8-4-6-11(7-5-8)15-13-14-9(2)12(18-13)10(3)16-17/h4-7,17H,1-3H3,(H,14,15)/b16-10+. The molecule has 0 unspecified atom stereocenters. The molecule has 0 atom stereocenters. The summed E-state index contributed by atoms with van der Waals surface area (Å²) in [5.41, 5.74) is 3.67. The van der Waals surface area contributed by atoms with Crippen LogP contribution < -0.4 is 5.32 Å². The van der Waals surface area contributed by atoms with Crippen molar-refractivity contribution in [1.29, 1.82) is 0 Å². The number of aromatic nitrogens is 1. The molecule has 2 rings (SSSR count). The van der Waals surface area contributed by atoms with Crippen LogP contribution in [0.4, 0.5) is 10.8 Å². The highest BCUT2D eigenvalue weighted by Gasteiger charge is 2.10. The lowest BCUT2D eigenvalue weighted by atomic mass is 10.2. The highest BCUT2D eigenvalue weighted by molar-refractivity contribution is 7.17. The molecule has 0 spiro atoms. The van der Waals surface area contributed by atoms with E-state index in [1.807, 2.05) is 31.2 Å². The lowest BCUT2D eigenvalue weighted by Crippen LogP contribution is -1.92. The molecule has 1 aromatic heterocycles. The van der Waals surface area contributed by atoms with Crippen molar-refractivity contribution in [3.05, 3.63) is 40.4 Å². The van der Waals surface area contributed by atoms with Gasteiger partial charge in [0.25, 0.3) is 0 Å². The molecule has 0 fully saturated rings. The zero-order valence-electron chi connectivity index (χ0n) is 10.6. The van der Waals surface area contributed by atoms with Crippen molar-refractivity contribution in [3.63, 3.8) is 0 Å². The highest BCUT2D eigenvalue weighted by atomic mass is 32.1. The third-order valence-electron chi connectivity index (χ3n) is 2.58. The van der Waals surface area contributed by atoms with Gasteiger partial charge in [0.2, 0.25) is 0 Å². The third-order valence-corrected chi connectivity index (χ3v) is 3.76. The Kier molecular flexibility index (Phi) is 3.62. The van der Waals surface area contributed by atoms with Crippen LogP contribution in [-0.2, 0) is 0 Å². The molecule has 0 radical (unpaired) electrons. The first-order chi connectivity index (χ1) is 8.60. The Morgan fingerprint density at radius 2 is 1.94 bits per heavy atom. The van der Waals surface area contributed by atoms with Gasteiger partial charge in [-0.1, -0.05) is 34.2 Å². The molecular weight excluding hydrogens is 246 g/mol. The van der Waals surface area contributed by atoms with Gasteiger partial charge in [-0.05, 0) is 32.9 Å². The molecule has 0 aliphatic carbocycles. The molecule has 2 aromatic rings. The number of oxime groups is 1. The molecule has 1 aromatic carbocycles. The second kappa shape index (κ2) is 5.18. The number of nitrogens with zero attached hydrogens (tertiary/aromatic N) is 2. The molecular formula is C13H15N3OS. The van der Waals surface area contributed by atoms with Crippen molar-refractivity contribution < 1.29 is 5.21 Å². The van der Waals surface area contributed by atoms with Crippen LogP contribution in [-0.4, -0.2) is 15.9 Å². The van der Waals surface area contributed by atoms with Crippen molar-refractivity contribution >= 4 is 27.9 Å². The normalized spacial score (nSPS) is 11.6. The Bertz CT molecular complexity index is 572. The van der Waals surface area contributed by atoms with E-state index in [0.717, 1.165) is 21.4 Å². The molecule has 4 nitrogen and oxygen atoms in total. The SMILES string of the molecule is C/C(=N\O)c1sc(Nc2ccc(C)cc2)nc1C. The van der Waals surface area contributed by atoms with Gasteiger partial charge >= 0.3 is 0 Å². The van der Waals surface area contributed by atoms with E-state index in [9.17, 15) is 0 Å². The summed E-state index contributed by atoms with van der Waals surface area (Å²) < 4.78 is 0. The topological polar surface area (TPSA) is 57.5 Å². The minimum absolute atomic E-state index is 0.585. The highest BCUT2D eigenvalue weighted by Crippen LogP contribution is 2.26. The smallest absolute Gasteiger partial charge is 0.188 e. The fourth-order valence-corrected chi connectivity index (χ4v) is 2.52. The summed E-state index contributed by atoms with van der Waals surface area (Å²) in [6.45, 7) is 5.72. The number of hydrogen-bond donors (Lipinski definition) is 2. The molecule has 2 N–H and O–H groups in total. The summed E-state index contributed by atoms with van der Waals surface area (Å²) in [5, 5.41) is 16.0. The van der Waals surface area contributed by atoms with Gasteiger partial charge in [-0.15, -0.1) is 0 Å². The summed E-state index contributed by atoms with van der Waals surface area (Å²) in [4.78, 5) is 5.31. The fourth-order valence-electron chi connectivity index (χ4n) is 1.59. The van der Waals surface area contributed by atoms with E-state index in [1.165, 1.54) is 16.9 Å².